The lowest BCUT2D eigenvalue weighted by molar-refractivity contribution is 0.391. The number of anilines is 1. The lowest BCUT2D eigenvalue weighted by Crippen LogP contribution is -1.98. The van der Waals surface area contributed by atoms with Gasteiger partial charge in [-0.05, 0) is 24.6 Å². The number of aromatic nitrogens is 3. The van der Waals surface area contributed by atoms with Crippen LogP contribution >= 0.6 is 23.1 Å². The van der Waals surface area contributed by atoms with Gasteiger partial charge in [0.25, 0.3) is 0 Å². The van der Waals surface area contributed by atoms with Crippen LogP contribution in [0.25, 0.3) is 0 Å². The fourth-order valence-corrected chi connectivity index (χ4v) is 3.36. The summed E-state index contributed by atoms with van der Waals surface area (Å²) in [6, 6.07) is 8.27. The van der Waals surface area contributed by atoms with Gasteiger partial charge in [-0.25, -0.2) is 4.39 Å². The van der Waals surface area contributed by atoms with Crippen LogP contribution in [0.2, 0.25) is 0 Å². The Kier molecular flexibility index (Phi) is 4.69. The number of thioether (sulfide) groups is 1. The van der Waals surface area contributed by atoms with Gasteiger partial charge in [-0.3, -0.25) is 0 Å². The van der Waals surface area contributed by atoms with Crippen molar-refractivity contribution < 1.29 is 8.91 Å². The quantitative estimate of drug-likeness (QED) is 0.689. The molecule has 2 heterocycles. The SMILES string of the molecule is Cc1cc(CSc2nnc(NCc3ccc(F)cc3)s2)on1. The molecule has 0 unspecified atom stereocenters. The Hall–Kier alpha value is -1.93. The largest absolute Gasteiger partial charge is 0.360 e. The summed E-state index contributed by atoms with van der Waals surface area (Å²) in [5, 5.41) is 16.0. The number of hydrogen-bond donors (Lipinski definition) is 1. The van der Waals surface area contributed by atoms with Crippen LogP contribution in [0, 0.1) is 12.7 Å². The van der Waals surface area contributed by atoms with E-state index in [0.29, 0.717) is 12.3 Å². The zero-order valence-corrected chi connectivity index (χ0v) is 13.4. The number of nitrogens with one attached hydrogen (secondary N) is 1. The number of halogens is 1. The van der Waals surface area contributed by atoms with E-state index in [-0.39, 0.29) is 5.82 Å². The Labute approximate surface area is 134 Å². The highest BCUT2D eigenvalue weighted by Gasteiger charge is 2.07. The average molecular weight is 336 g/mol. The molecule has 5 nitrogen and oxygen atoms in total. The van der Waals surface area contributed by atoms with Crippen LogP contribution in [0.15, 0.2) is 39.2 Å². The zero-order chi connectivity index (χ0) is 15.4. The molecule has 0 aliphatic rings. The van der Waals surface area contributed by atoms with E-state index in [1.165, 1.54) is 23.5 Å². The van der Waals surface area contributed by atoms with Gasteiger partial charge in [0.1, 0.15) is 11.6 Å². The van der Waals surface area contributed by atoms with Crippen LogP contribution in [-0.4, -0.2) is 15.4 Å². The first-order valence-corrected chi connectivity index (χ1v) is 8.36. The molecular formula is C14H13FN4OS2. The van der Waals surface area contributed by atoms with Gasteiger partial charge >= 0.3 is 0 Å². The van der Waals surface area contributed by atoms with Crippen molar-refractivity contribution in [1.29, 1.82) is 0 Å². The first-order valence-electron chi connectivity index (χ1n) is 6.56. The molecule has 0 fully saturated rings. The summed E-state index contributed by atoms with van der Waals surface area (Å²) < 4.78 is 18.8. The molecule has 22 heavy (non-hydrogen) atoms. The van der Waals surface area contributed by atoms with E-state index in [1.54, 1.807) is 23.9 Å². The molecule has 0 saturated heterocycles. The van der Waals surface area contributed by atoms with Gasteiger partial charge in [-0.15, -0.1) is 10.2 Å². The van der Waals surface area contributed by atoms with Gasteiger partial charge in [0.2, 0.25) is 5.13 Å². The molecule has 0 aliphatic carbocycles. The highest BCUT2D eigenvalue weighted by atomic mass is 32.2. The minimum Gasteiger partial charge on any atom is -0.360 e. The van der Waals surface area contributed by atoms with E-state index in [9.17, 15) is 4.39 Å². The first kappa shape index (κ1) is 15.0. The van der Waals surface area contributed by atoms with Crippen LogP contribution in [0.5, 0.6) is 0 Å². The van der Waals surface area contributed by atoms with Gasteiger partial charge in [-0.2, -0.15) is 0 Å². The normalized spacial score (nSPS) is 10.8. The summed E-state index contributed by atoms with van der Waals surface area (Å²) in [7, 11) is 0. The standard InChI is InChI=1S/C14H13FN4OS2/c1-9-6-12(20-19-9)8-21-14-18-17-13(22-14)16-7-10-2-4-11(15)5-3-10/h2-6H,7-8H2,1H3,(H,16,17). The summed E-state index contributed by atoms with van der Waals surface area (Å²) in [4.78, 5) is 0. The van der Waals surface area contributed by atoms with Crippen LogP contribution < -0.4 is 5.32 Å². The van der Waals surface area contributed by atoms with E-state index in [1.807, 2.05) is 13.0 Å². The fourth-order valence-electron chi connectivity index (χ4n) is 1.74. The van der Waals surface area contributed by atoms with Crippen molar-refractivity contribution in [1.82, 2.24) is 15.4 Å². The average Bonchev–Trinajstić information content (AvgIpc) is 3.13. The van der Waals surface area contributed by atoms with Crippen LogP contribution in [-0.2, 0) is 12.3 Å². The van der Waals surface area contributed by atoms with Crippen molar-refractivity contribution >= 4 is 28.2 Å². The first-order chi connectivity index (χ1) is 10.7. The Morgan fingerprint density at radius 3 is 2.82 bits per heavy atom. The maximum Gasteiger partial charge on any atom is 0.206 e. The van der Waals surface area contributed by atoms with Crippen molar-refractivity contribution in [2.45, 2.75) is 23.6 Å². The predicted octanol–water partition coefficient (Wildman–Crippen LogP) is 3.88. The Balaban J connectivity index is 1.51. The molecule has 0 aliphatic heterocycles. The van der Waals surface area contributed by atoms with E-state index in [2.05, 4.69) is 20.7 Å². The monoisotopic (exact) mass is 336 g/mol. The minimum absolute atomic E-state index is 0.235. The van der Waals surface area contributed by atoms with Crippen molar-refractivity contribution in [3.05, 3.63) is 53.2 Å². The Bertz CT molecular complexity index is 741. The summed E-state index contributed by atoms with van der Waals surface area (Å²) in [5.41, 5.74) is 1.86. The zero-order valence-electron chi connectivity index (χ0n) is 11.7. The summed E-state index contributed by atoms with van der Waals surface area (Å²) in [5.74, 6) is 1.26. The third-order valence-corrected chi connectivity index (χ3v) is 4.81. The fraction of sp³-hybridized carbons (Fsp3) is 0.214. The smallest absolute Gasteiger partial charge is 0.206 e. The third-order valence-electron chi connectivity index (χ3n) is 2.78. The van der Waals surface area contributed by atoms with E-state index in [4.69, 9.17) is 4.52 Å². The second kappa shape index (κ2) is 6.89. The number of aryl methyl sites for hydroxylation is 1. The van der Waals surface area contributed by atoms with Gasteiger partial charge in [0.15, 0.2) is 4.34 Å². The predicted molar refractivity (Wildman–Crippen MR) is 84.4 cm³/mol. The number of benzene rings is 1. The van der Waals surface area contributed by atoms with Crippen molar-refractivity contribution in [3.63, 3.8) is 0 Å². The van der Waals surface area contributed by atoms with Crippen molar-refractivity contribution in [2.24, 2.45) is 0 Å². The van der Waals surface area contributed by atoms with Crippen LogP contribution in [0.4, 0.5) is 9.52 Å². The molecule has 0 bridgehead atoms. The number of rotatable bonds is 6. The summed E-state index contributed by atoms with van der Waals surface area (Å²) in [6.07, 6.45) is 0. The minimum atomic E-state index is -0.235. The second-order valence-electron chi connectivity index (χ2n) is 4.58. The van der Waals surface area contributed by atoms with E-state index >= 15 is 0 Å². The molecule has 1 aromatic carbocycles. The van der Waals surface area contributed by atoms with Gasteiger partial charge in [-0.1, -0.05) is 40.4 Å². The molecule has 0 radical (unpaired) electrons. The lowest BCUT2D eigenvalue weighted by Gasteiger charge is -2.01. The van der Waals surface area contributed by atoms with Gasteiger partial charge in [0.05, 0.1) is 11.4 Å². The Morgan fingerprint density at radius 1 is 1.27 bits per heavy atom. The molecule has 0 spiro atoms. The molecular weight excluding hydrogens is 323 g/mol. The lowest BCUT2D eigenvalue weighted by atomic mass is 10.2. The van der Waals surface area contributed by atoms with Gasteiger partial charge in [0, 0.05) is 12.6 Å². The molecule has 0 saturated carbocycles. The summed E-state index contributed by atoms with van der Waals surface area (Å²) in [6.45, 7) is 2.47. The molecule has 2 aromatic heterocycles. The van der Waals surface area contributed by atoms with Gasteiger partial charge < -0.3 is 9.84 Å². The highest BCUT2D eigenvalue weighted by Crippen LogP contribution is 2.28. The van der Waals surface area contributed by atoms with E-state index in [0.717, 1.165) is 26.5 Å². The molecule has 8 heteroatoms. The van der Waals surface area contributed by atoms with E-state index < -0.39 is 0 Å². The highest BCUT2D eigenvalue weighted by molar-refractivity contribution is 8.00. The molecule has 0 amide bonds. The molecule has 0 atom stereocenters. The third kappa shape index (κ3) is 4.05. The van der Waals surface area contributed by atoms with Crippen molar-refractivity contribution in [2.75, 3.05) is 5.32 Å². The maximum atomic E-state index is 12.8. The number of hydrogen-bond acceptors (Lipinski definition) is 7. The Morgan fingerprint density at radius 2 is 2.09 bits per heavy atom. The molecule has 1 N–H and O–H groups in total. The number of nitrogens with zero attached hydrogens (tertiary/aromatic N) is 3. The second-order valence-corrected chi connectivity index (χ2v) is 6.78. The topological polar surface area (TPSA) is 63.8 Å². The summed E-state index contributed by atoms with van der Waals surface area (Å²) >= 11 is 3.03. The maximum absolute atomic E-state index is 12.8. The molecule has 114 valence electrons. The molecule has 3 aromatic rings. The van der Waals surface area contributed by atoms with Crippen LogP contribution in [0.3, 0.4) is 0 Å². The van der Waals surface area contributed by atoms with Crippen molar-refractivity contribution in [3.8, 4) is 0 Å². The van der Waals surface area contributed by atoms with Crippen LogP contribution in [0.1, 0.15) is 17.0 Å². The molecule has 3 rings (SSSR count).